The minimum absolute atomic E-state index is 0.0237. The van der Waals surface area contributed by atoms with Gasteiger partial charge in [0.1, 0.15) is 6.10 Å². The van der Waals surface area contributed by atoms with E-state index in [4.69, 9.17) is 9.47 Å². The summed E-state index contributed by atoms with van der Waals surface area (Å²) in [6, 6.07) is 0. The van der Waals surface area contributed by atoms with Crippen LogP contribution in [0.1, 0.15) is 20.8 Å². The van der Waals surface area contributed by atoms with E-state index in [9.17, 15) is 5.11 Å². The SMILES string of the molecule is CC(C)(C)NC[C@@H](CO)Oc1nsnc1N1CCOCC1. The van der Waals surface area contributed by atoms with E-state index in [0.717, 1.165) is 30.6 Å². The van der Waals surface area contributed by atoms with E-state index in [0.29, 0.717) is 25.6 Å². The molecule has 1 aliphatic heterocycles. The Morgan fingerprint density at radius 2 is 2.10 bits per heavy atom. The molecule has 0 aliphatic carbocycles. The van der Waals surface area contributed by atoms with Gasteiger partial charge in [-0.1, -0.05) is 0 Å². The summed E-state index contributed by atoms with van der Waals surface area (Å²) in [7, 11) is 0. The lowest BCUT2D eigenvalue weighted by atomic mass is 10.1. The summed E-state index contributed by atoms with van der Waals surface area (Å²) >= 11 is 1.13. The van der Waals surface area contributed by atoms with Crippen LogP contribution in [0.15, 0.2) is 0 Å². The topological polar surface area (TPSA) is 79.7 Å². The van der Waals surface area contributed by atoms with Crippen LogP contribution in [0.25, 0.3) is 0 Å². The third-order valence-electron chi connectivity index (χ3n) is 3.09. The molecule has 8 heteroatoms. The highest BCUT2D eigenvalue weighted by molar-refractivity contribution is 6.99. The first kappa shape index (κ1) is 16.4. The molecule has 1 fully saturated rings. The summed E-state index contributed by atoms with van der Waals surface area (Å²) in [6.07, 6.45) is -0.340. The maximum absolute atomic E-state index is 9.48. The van der Waals surface area contributed by atoms with Crippen molar-refractivity contribution in [1.82, 2.24) is 14.1 Å². The molecule has 1 saturated heterocycles. The van der Waals surface area contributed by atoms with Crippen molar-refractivity contribution in [3.8, 4) is 5.88 Å². The summed E-state index contributed by atoms with van der Waals surface area (Å²) in [5.74, 6) is 1.24. The van der Waals surface area contributed by atoms with Crippen LogP contribution in [0, 0.1) is 0 Å². The van der Waals surface area contributed by atoms with Crippen LogP contribution in [-0.4, -0.2) is 65.0 Å². The van der Waals surface area contributed by atoms with Crippen molar-refractivity contribution in [2.24, 2.45) is 0 Å². The van der Waals surface area contributed by atoms with E-state index in [1.165, 1.54) is 0 Å². The molecule has 21 heavy (non-hydrogen) atoms. The number of rotatable bonds is 6. The number of hydrogen-bond donors (Lipinski definition) is 2. The molecule has 2 rings (SSSR count). The van der Waals surface area contributed by atoms with Crippen LogP contribution in [0.3, 0.4) is 0 Å². The van der Waals surface area contributed by atoms with Crippen LogP contribution in [-0.2, 0) is 4.74 Å². The number of nitrogens with zero attached hydrogens (tertiary/aromatic N) is 3. The molecule has 0 radical (unpaired) electrons. The van der Waals surface area contributed by atoms with Crippen molar-refractivity contribution in [2.45, 2.75) is 32.4 Å². The van der Waals surface area contributed by atoms with Crippen molar-refractivity contribution in [3.05, 3.63) is 0 Å². The van der Waals surface area contributed by atoms with Crippen molar-refractivity contribution in [3.63, 3.8) is 0 Å². The highest BCUT2D eigenvalue weighted by Crippen LogP contribution is 2.27. The molecule has 2 N–H and O–H groups in total. The number of aliphatic hydroxyl groups is 1. The first-order chi connectivity index (χ1) is 9.99. The van der Waals surface area contributed by atoms with Gasteiger partial charge in [-0.15, -0.1) is 4.37 Å². The summed E-state index contributed by atoms with van der Waals surface area (Å²) in [6.45, 7) is 9.65. The molecule has 2 heterocycles. The average Bonchev–Trinajstić information content (AvgIpc) is 2.91. The van der Waals surface area contributed by atoms with E-state index >= 15 is 0 Å². The quantitative estimate of drug-likeness (QED) is 0.791. The number of aliphatic hydroxyl groups excluding tert-OH is 1. The van der Waals surface area contributed by atoms with Gasteiger partial charge in [0.15, 0.2) is 0 Å². The number of aromatic nitrogens is 2. The average molecular weight is 316 g/mol. The molecule has 1 aromatic rings. The van der Waals surface area contributed by atoms with Crippen LogP contribution in [0.5, 0.6) is 5.88 Å². The van der Waals surface area contributed by atoms with Crippen LogP contribution < -0.4 is 15.0 Å². The van der Waals surface area contributed by atoms with Gasteiger partial charge in [-0.2, -0.15) is 4.37 Å². The molecular formula is C13H24N4O3S. The van der Waals surface area contributed by atoms with Crippen molar-refractivity contribution < 1.29 is 14.6 Å². The van der Waals surface area contributed by atoms with Crippen LogP contribution in [0.4, 0.5) is 5.82 Å². The lowest BCUT2D eigenvalue weighted by molar-refractivity contribution is 0.103. The third kappa shape index (κ3) is 5.06. The minimum Gasteiger partial charge on any atom is -0.467 e. The molecule has 0 bridgehead atoms. The maximum atomic E-state index is 9.48. The van der Waals surface area contributed by atoms with Gasteiger partial charge in [-0.25, -0.2) is 0 Å². The normalized spacial score (nSPS) is 17.8. The molecule has 0 saturated carbocycles. The lowest BCUT2D eigenvalue weighted by Gasteiger charge is -2.28. The maximum Gasteiger partial charge on any atom is 0.271 e. The highest BCUT2D eigenvalue weighted by atomic mass is 32.1. The second-order valence-corrected chi connectivity index (χ2v) is 6.57. The number of nitrogens with one attached hydrogen (secondary N) is 1. The lowest BCUT2D eigenvalue weighted by Crippen LogP contribution is -2.44. The van der Waals surface area contributed by atoms with Gasteiger partial charge >= 0.3 is 0 Å². The Hall–Kier alpha value is -0.960. The van der Waals surface area contributed by atoms with Gasteiger partial charge in [0.2, 0.25) is 5.82 Å². The summed E-state index contributed by atoms with van der Waals surface area (Å²) < 4.78 is 19.7. The predicted octanol–water partition coefficient (Wildman–Crippen LogP) is 0.502. The van der Waals surface area contributed by atoms with Crippen molar-refractivity contribution >= 4 is 17.5 Å². The van der Waals surface area contributed by atoms with Crippen molar-refractivity contribution in [1.29, 1.82) is 0 Å². The first-order valence-corrected chi connectivity index (χ1v) is 7.90. The molecule has 7 nitrogen and oxygen atoms in total. The zero-order valence-electron chi connectivity index (χ0n) is 12.8. The number of ether oxygens (including phenoxy) is 2. The second kappa shape index (κ2) is 7.35. The fraction of sp³-hybridized carbons (Fsp3) is 0.846. The predicted molar refractivity (Wildman–Crippen MR) is 82.2 cm³/mol. The number of morpholine rings is 1. The molecular weight excluding hydrogens is 292 g/mol. The molecule has 0 unspecified atom stereocenters. The Morgan fingerprint density at radius 3 is 2.71 bits per heavy atom. The largest absolute Gasteiger partial charge is 0.467 e. The van der Waals surface area contributed by atoms with Gasteiger partial charge < -0.3 is 24.8 Å². The fourth-order valence-electron chi connectivity index (χ4n) is 1.94. The van der Waals surface area contributed by atoms with Gasteiger partial charge in [0.25, 0.3) is 5.88 Å². The molecule has 0 spiro atoms. The zero-order valence-corrected chi connectivity index (χ0v) is 13.7. The van der Waals surface area contributed by atoms with Gasteiger partial charge in [-0.05, 0) is 20.8 Å². The Balaban J connectivity index is 1.96. The van der Waals surface area contributed by atoms with E-state index in [1.54, 1.807) is 0 Å². The monoisotopic (exact) mass is 316 g/mol. The Kier molecular flexibility index (Phi) is 5.74. The van der Waals surface area contributed by atoms with E-state index in [-0.39, 0.29) is 18.2 Å². The summed E-state index contributed by atoms with van der Waals surface area (Å²) in [5, 5.41) is 12.8. The van der Waals surface area contributed by atoms with E-state index in [2.05, 4.69) is 39.7 Å². The Labute approximate surface area is 129 Å². The fourth-order valence-corrected chi connectivity index (χ4v) is 2.45. The molecule has 0 amide bonds. The Bertz CT molecular complexity index is 429. The van der Waals surface area contributed by atoms with E-state index in [1.807, 2.05) is 0 Å². The zero-order chi connectivity index (χ0) is 15.3. The molecule has 1 aliphatic rings. The second-order valence-electron chi connectivity index (χ2n) is 6.05. The van der Waals surface area contributed by atoms with Crippen molar-refractivity contribution in [2.75, 3.05) is 44.4 Å². The summed E-state index contributed by atoms with van der Waals surface area (Å²) in [4.78, 5) is 2.11. The van der Waals surface area contributed by atoms with Gasteiger partial charge in [-0.3, -0.25) is 0 Å². The first-order valence-electron chi connectivity index (χ1n) is 7.17. The van der Waals surface area contributed by atoms with E-state index < -0.39 is 0 Å². The molecule has 1 aromatic heterocycles. The number of anilines is 1. The Morgan fingerprint density at radius 1 is 1.38 bits per heavy atom. The number of hydrogen-bond acceptors (Lipinski definition) is 8. The summed E-state index contributed by atoms with van der Waals surface area (Å²) in [5.41, 5.74) is -0.0237. The molecule has 1 atom stereocenters. The third-order valence-corrected chi connectivity index (χ3v) is 3.60. The van der Waals surface area contributed by atoms with Gasteiger partial charge in [0.05, 0.1) is 31.5 Å². The highest BCUT2D eigenvalue weighted by Gasteiger charge is 2.23. The van der Waals surface area contributed by atoms with Crippen LogP contribution >= 0.6 is 11.7 Å². The minimum atomic E-state index is -0.340. The smallest absolute Gasteiger partial charge is 0.271 e. The molecule has 120 valence electrons. The molecule has 0 aromatic carbocycles. The van der Waals surface area contributed by atoms with Gasteiger partial charge in [0, 0.05) is 25.2 Å². The van der Waals surface area contributed by atoms with Crippen LogP contribution in [0.2, 0.25) is 0 Å². The standard InChI is InChI=1S/C13H24N4O3S/c1-13(2,3)14-8-10(9-18)20-12-11(15-21-16-12)17-4-6-19-7-5-17/h10,14,18H,4-9H2,1-3H3/t10-/m0/s1.